The van der Waals surface area contributed by atoms with Crippen molar-refractivity contribution in [1.82, 2.24) is 0 Å². The van der Waals surface area contributed by atoms with E-state index in [1.54, 1.807) is 0 Å². The highest BCUT2D eigenvalue weighted by molar-refractivity contribution is 7.80. The first-order valence-corrected chi connectivity index (χ1v) is 8.54. The predicted molar refractivity (Wildman–Crippen MR) is 102 cm³/mol. The number of unbranched alkanes of at least 4 members (excludes halogenated alkanes) is 3. The lowest BCUT2D eigenvalue weighted by atomic mass is 10.2. The quantitative estimate of drug-likeness (QED) is 0.498. The normalized spacial score (nSPS) is 10.1. The third-order valence-electron chi connectivity index (χ3n) is 3.39. The molecule has 0 spiro atoms. The minimum atomic E-state index is 0.566. The van der Waals surface area contributed by atoms with Crippen LogP contribution < -0.4 is 15.4 Å². The first kappa shape index (κ1) is 17.3. The maximum absolute atomic E-state index is 5.79. The molecule has 0 atom stereocenters. The van der Waals surface area contributed by atoms with E-state index in [1.807, 2.05) is 54.6 Å². The SMILES string of the molecule is CCCCCCOc1cccc(NC(=S)Nc2ccccc2)c1. The second-order valence-corrected chi connectivity index (χ2v) is 5.79. The maximum atomic E-state index is 5.79. The molecule has 2 N–H and O–H groups in total. The van der Waals surface area contributed by atoms with Crippen molar-refractivity contribution < 1.29 is 4.74 Å². The standard InChI is InChI=1S/C19H24N2OS/c1-2-3-4-8-14-22-18-13-9-12-17(15-18)21-19(23)20-16-10-6-5-7-11-16/h5-7,9-13,15H,2-4,8,14H2,1H3,(H2,20,21,23). The van der Waals surface area contributed by atoms with Crippen LogP contribution in [0.25, 0.3) is 0 Å². The third kappa shape index (κ3) is 6.70. The lowest BCUT2D eigenvalue weighted by Gasteiger charge is -2.12. The summed E-state index contributed by atoms with van der Waals surface area (Å²) in [4.78, 5) is 0. The van der Waals surface area contributed by atoms with Gasteiger partial charge in [-0.15, -0.1) is 0 Å². The van der Waals surface area contributed by atoms with Gasteiger partial charge in [-0.05, 0) is 42.9 Å². The number of para-hydroxylation sites is 1. The molecule has 0 unspecified atom stereocenters. The van der Waals surface area contributed by atoms with E-state index in [4.69, 9.17) is 17.0 Å². The average molecular weight is 328 g/mol. The van der Waals surface area contributed by atoms with E-state index in [2.05, 4.69) is 17.6 Å². The fourth-order valence-corrected chi connectivity index (χ4v) is 2.43. The number of ether oxygens (including phenoxy) is 1. The largest absolute Gasteiger partial charge is 0.494 e. The number of benzene rings is 2. The van der Waals surface area contributed by atoms with Crippen LogP contribution in [0.4, 0.5) is 11.4 Å². The van der Waals surface area contributed by atoms with Crippen molar-refractivity contribution in [2.45, 2.75) is 32.6 Å². The van der Waals surface area contributed by atoms with Crippen LogP contribution in [0.2, 0.25) is 0 Å². The van der Waals surface area contributed by atoms with E-state index in [1.165, 1.54) is 19.3 Å². The van der Waals surface area contributed by atoms with Gasteiger partial charge in [-0.25, -0.2) is 0 Å². The Balaban J connectivity index is 1.81. The zero-order valence-electron chi connectivity index (χ0n) is 13.5. The highest BCUT2D eigenvalue weighted by atomic mass is 32.1. The number of anilines is 2. The first-order chi connectivity index (χ1) is 11.3. The molecule has 0 saturated carbocycles. The molecule has 4 heteroatoms. The van der Waals surface area contributed by atoms with E-state index in [0.29, 0.717) is 5.11 Å². The smallest absolute Gasteiger partial charge is 0.175 e. The maximum Gasteiger partial charge on any atom is 0.175 e. The van der Waals surface area contributed by atoms with Crippen LogP contribution in [-0.4, -0.2) is 11.7 Å². The van der Waals surface area contributed by atoms with Gasteiger partial charge in [0.15, 0.2) is 5.11 Å². The molecule has 0 amide bonds. The Morgan fingerprint density at radius 1 is 0.913 bits per heavy atom. The van der Waals surface area contributed by atoms with Crippen molar-refractivity contribution in [2.24, 2.45) is 0 Å². The van der Waals surface area contributed by atoms with Gasteiger partial charge >= 0.3 is 0 Å². The number of hydrogen-bond donors (Lipinski definition) is 2. The summed E-state index contributed by atoms with van der Waals surface area (Å²) in [5.74, 6) is 0.869. The molecule has 23 heavy (non-hydrogen) atoms. The Labute approximate surface area is 144 Å². The first-order valence-electron chi connectivity index (χ1n) is 8.14. The van der Waals surface area contributed by atoms with E-state index in [0.717, 1.165) is 30.2 Å². The van der Waals surface area contributed by atoms with Crippen LogP contribution in [-0.2, 0) is 0 Å². The molecule has 0 heterocycles. The predicted octanol–water partition coefficient (Wildman–Crippen LogP) is 5.45. The highest BCUT2D eigenvalue weighted by Crippen LogP contribution is 2.18. The van der Waals surface area contributed by atoms with Crippen LogP contribution in [0.5, 0.6) is 5.75 Å². The molecule has 0 aromatic heterocycles. The van der Waals surface area contributed by atoms with Crippen molar-refractivity contribution in [1.29, 1.82) is 0 Å². The number of hydrogen-bond acceptors (Lipinski definition) is 2. The summed E-state index contributed by atoms with van der Waals surface area (Å²) in [5, 5.41) is 6.90. The zero-order chi connectivity index (χ0) is 16.3. The topological polar surface area (TPSA) is 33.3 Å². The van der Waals surface area contributed by atoms with Gasteiger partial charge in [0.25, 0.3) is 0 Å². The molecule has 0 aliphatic rings. The number of rotatable bonds is 8. The summed E-state index contributed by atoms with van der Waals surface area (Å²) in [5.41, 5.74) is 1.89. The summed E-state index contributed by atoms with van der Waals surface area (Å²) < 4.78 is 5.79. The molecule has 0 saturated heterocycles. The van der Waals surface area contributed by atoms with Crippen LogP contribution in [0, 0.1) is 0 Å². The molecule has 0 bridgehead atoms. The van der Waals surface area contributed by atoms with Crippen molar-refractivity contribution in [3.05, 3.63) is 54.6 Å². The number of nitrogens with one attached hydrogen (secondary N) is 2. The summed E-state index contributed by atoms with van der Waals surface area (Å²) >= 11 is 5.33. The molecule has 2 aromatic carbocycles. The molecular formula is C19H24N2OS. The minimum absolute atomic E-state index is 0.566. The van der Waals surface area contributed by atoms with Gasteiger partial charge in [0.2, 0.25) is 0 Å². The van der Waals surface area contributed by atoms with Gasteiger partial charge in [0, 0.05) is 17.4 Å². The number of thiocarbonyl (C=S) groups is 1. The van der Waals surface area contributed by atoms with Crippen molar-refractivity contribution in [3.8, 4) is 5.75 Å². The second kappa shape index (κ2) is 9.85. The lowest BCUT2D eigenvalue weighted by molar-refractivity contribution is 0.305. The molecule has 2 aromatic rings. The third-order valence-corrected chi connectivity index (χ3v) is 3.59. The van der Waals surface area contributed by atoms with Crippen molar-refractivity contribution >= 4 is 28.7 Å². The summed E-state index contributed by atoms with van der Waals surface area (Å²) in [6.45, 7) is 2.97. The average Bonchev–Trinajstić information content (AvgIpc) is 2.56. The summed E-state index contributed by atoms with van der Waals surface area (Å²) in [6, 6.07) is 17.8. The van der Waals surface area contributed by atoms with E-state index < -0.39 is 0 Å². The minimum Gasteiger partial charge on any atom is -0.494 e. The van der Waals surface area contributed by atoms with Gasteiger partial charge in [-0.1, -0.05) is 50.5 Å². The Kier molecular flexibility index (Phi) is 7.40. The Morgan fingerprint density at radius 2 is 1.65 bits per heavy atom. The molecule has 0 aliphatic heterocycles. The van der Waals surface area contributed by atoms with Gasteiger partial charge in [0.05, 0.1) is 6.61 Å². The lowest BCUT2D eigenvalue weighted by Crippen LogP contribution is -2.18. The van der Waals surface area contributed by atoms with Crippen LogP contribution in [0.1, 0.15) is 32.6 Å². The molecule has 2 rings (SSSR count). The van der Waals surface area contributed by atoms with E-state index in [-0.39, 0.29) is 0 Å². The van der Waals surface area contributed by atoms with E-state index >= 15 is 0 Å². The van der Waals surface area contributed by atoms with E-state index in [9.17, 15) is 0 Å². The summed E-state index contributed by atoms with van der Waals surface area (Å²) in [6.07, 6.45) is 4.83. The van der Waals surface area contributed by atoms with Gasteiger partial charge < -0.3 is 15.4 Å². The van der Waals surface area contributed by atoms with Crippen LogP contribution in [0.15, 0.2) is 54.6 Å². The van der Waals surface area contributed by atoms with Crippen molar-refractivity contribution in [2.75, 3.05) is 17.2 Å². The zero-order valence-corrected chi connectivity index (χ0v) is 14.4. The summed E-state index contributed by atoms with van der Waals surface area (Å²) in [7, 11) is 0. The monoisotopic (exact) mass is 328 g/mol. The molecular weight excluding hydrogens is 304 g/mol. The van der Waals surface area contributed by atoms with Crippen LogP contribution in [0.3, 0.4) is 0 Å². The van der Waals surface area contributed by atoms with Gasteiger partial charge in [-0.2, -0.15) is 0 Å². The highest BCUT2D eigenvalue weighted by Gasteiger charge is 2.01. The Hall–Kier alpha value is -2.07. The molecule has 0 fully saturated rings. The van der Waals surface area contributed by atoms with Crippen molar-refractivity contribution in [3.63, 3.8) is 0 Å². The van der Waals surface area contributed by atoms with Gasteiger partial charge in [0.1, 0.15) is 5.75 Å². The molecule has 0 aliphatic carbocycles. The molecule has 3 nitrogen and oxygen atoms in total. The molecule has 122 valence electrons. The van der Waals surface area contributed by atoms with Gasteiger partial charge in [-0.3, -0.25) is 0 Å². The Bertz CT molecular complexity index is 601. The fourth-order valence-electron chi connectivity index (χ4n) is 2.20. The Morgan fingerprint density at radius 3 is 2.43 bits per heavy atom. The van der Waals surface area contributed by atoms with Crippen LogP contribution >= 0.6 is 12.2 Å². The molecule has 0 radical (unpaired) electrons. The second-order valence-electron chi connectivity index (χ2n) is 5.38. The fraction of sp³-hybridized carbons (Fsp3) is 0.316.